The van der Waals surface area contributed by atoms with Crippen LogP contribution in [0.3, 0.4) is 0 Å². The van der Waals surface area contributed by atoms with Crippen molar-refractivity contribution in [2.24, 2.45) is 5.92 Å². The number of carbonyl (C=O) groups excluding carboxylic acids is 1. The zero-order valence-electron chi connectivity index (χ0n) is 50.7. The van der Waals surface area contributed by atoms with Crippen LogP contribution < -0.4 is 5.32 Å². The Morgan fingerprint density at radius 2 is 0.755 bits per heavy atom. The van der Waals surface area contributed by atoms with Gasteiger partial charge in [-0.1, -0.05) is 19.9 Å². The van der Waals surface area contributed by atoms with Crippen LogP contribution in [-0.2, 0) is 71.1 Å². The first kappa shape index (κ1) is 77.4. The molecule has 1 aliphatic carbocycles. The van der Waals surface area contributed by atoms with Gasteiger partial charge < -0.3 is 194 Å². The number of hydrogen-bond donors (Lipinski definition) is 25. The topological polar surface area (TPSA) is 644 Å². The van der Waals surface area contributed by atoms with Crippen LogP contribution in [0.2, 0.25) is 0 Å². The van der Waals surface area contributed by atoms with Crippen LogP contribution in [0, 0.1) is 5.92 Å². The zero-order chi connectivity index (χ0) is 69.2. The first-order valence-corrected chi connectivity index (χ1v) is 30.5. The minimum Gasteiger partial charge on any atom is -0.463 e. The van der Waals surface area contributed by atoms with Gasteiger partial charge in [-0.15, -0.1) is 0 Å². The van der Waals surface area contributed by atoms with Gasteiger partial charge in [0.05, 0.1) is 57.8 Å². The highest BCUT2D eigenvalue weighted by atomic mass is 16.8. The van der Waals surface area contributed by atoms with E-state index in [2.05, 4.69) is 5.32 Å². The highest BCUT2D eigenvalue weighted by Crippen LogP contribution is 2.38. The van der Waals surface area contributed by atoms with E-state index in [-0.39, 0.29) is 17.9 Å². The van der Waals surface area contributed by atoms with E-state index in [0.717, 1.165) is 6.08 Å². The average molecular weight is 1380 g/mol. The number of ether oxygens (including phenoxy) is 14. The van der Waals surface area contributed by atoms with Crippen molar-refractivity contribution in [3.05, 3.63) is 11.6 Å². The van der Waals surface area contributed by atoms with Crippen molar-refractivity contribution in [1.82, 2.24) is 5.32 Å². The highest BCUT2D eigenvalue weighted by molar-refractivity contribution is 5.69. The van der Waals surface area contributed by atoms with Crippen molar-refractivity contribution < 1.29 is 194 Å². The third-order valence-electron chi connectivity index (χ3n) is 17.7. The lowest BCUT2D eigenvalue weighted by Gasteiger charge is -2.50. The average Bonchev–Trinajstić information content (AvgIpc) is 0.783. The Kier molecular flexibility index (Phi) is 27.5. The number of aliphatic hydroxyl groups excluding tert-OH is 24. The lowest BCUT2D eigenvalue weighted by molar-refractivity contribution is -0.391. The maximum absolute atomic E-state index is 12.9. The SMILES string of the molecule is CC(C)CC(=O)OCC1OC(OC2C(CO)OC(OC3C(CO)OC(OC4C(CO)OC(O)C(O)C4O)C(O)C3O)C(O)C2O)C(O)C(O)C1OC1OC(C)C(NC2C=C(CO)C(OC3OC(CO)C(OC4OC(CO)C(O)C(O)C4O)C(O)C3O)C(O)C2O)C(O)C1O. The first-order chi connectivity index (χ1) is 44.4. The lowest BCUT2D eigenvalue weighted by atomic mass is 9.86. The molecule has 0 radical (unpaired) electrons. The number of rotatable bonds is 24. The first-order valence-electron chi connectivity index (χ1n) is 30.5. The molecule has 7 saturated heterocycles. The summed E-state index contributed by atoms with van der Waals surface area (Å²) in [6.07, 6.45) is -69.1. The molecule has 0 aromatic rings. The molecule has 7 aliphatic heterocycles. The molecule has 7 heterocycles. The Morgan fingerprint density at radius 1 is 0.404 bits per heavy atom. The van der Waals surface area contributed by atoms with Crippen molar-refractivity contribution in [2.45, 2.75) is 266 Å². The van der Waals surface area contributed by atoms with Crippen molar-refractivity contribution in [2.75, 3.05) is 46.2 Å². The van der Waals surface area contributed by atoms with E-state index in [1.54, 1.807) is 13.8 Å². The van der Waals surface area contributed by atoms with Crippen LogP contribution in [0.4, 0.5) is 0 Å². The molecule has 0 spiro atoms. The summed E-state index contributed by atoms with van der Waals surface area (Å²) in [6.45, 7) is -1.68. The van der Waals surface area contributed by atoms with E-state index < -0.39 is 291 Å². The summed E-state index contributed by atoms with van der Waals surface area (Å²) in [4.78, 5) is 12.9. The summed E-state index contributed by atoms with van der Waals surface area (Å²) >= 11 is 0. The third kappa shape index (κ3) is 16.5. The molecule has 40 heteroatoms. The predicted octanol–water partition coefficient (Wildman–Crippen LogP) is -15.7. The van der Waals surface area contributed by atoms with Gasteiger partial charge in [0.1, 0.15) is 184 Å². The van der Waals surface area contributed by atoms with Gasteiger partial charge in [-0.2, -0.15) is 0 Å². The molecule has 7 fully saturated rings. The molecule has 39 unspecified atom stereocenters. The summed E-state index contributed by atoms with van der Waals surface area (Å²) in [5, 5.41) is 262. The molecular formula is C54H91NO39. The fraction of sp³-hybridized carbons (Fsp3) is 0.944. The maximum Gasteiger partial charge on any atom is 0.306 e. The molecule has 40 nitrogen and oxygen atoms in total. The fourth-order valence-corrected chi connectivity index (χ4v) is 12.3. The standard InChI is InChI=1S/C54H91NO39/c1-13(2)4-23(62)81-12-22-47(34(72)41(79)54(88-22)93-46-21(11-61)87-53(40(78)33(46)71)92-45-20(10-60)86-52(39(77)32(45)70)90-43-18(8-58)83-48(80)35(73)30(43)68)94-49-36(74)27(65)24(14(3)82-49)55-16-5-15(6-56)42(29(67)25(16)63)89-51-38(76)31(69)44(19(9-59)85-51)91-50-37(75)28(66)26(64)17(7-57)84-50/h5,13-14,16-22,24-61,63-80H,4,6-12H2,1-3H3. The summed E-state index contributed by atoms with van der Waals surface area (Å²) < 4.78 is 79.1. The monoisotopic (exact) mass is 1380 g/mol. The molecule has 94 heavy (non-hydrogen) atoms. The molecule has 0 aromatic heterocycles. The Balaban J connectivity index is 0.900. The van der Waals surface area contributed by atoms with Gasteiger partial charge in [0, 0.05) is 6.42 Å². The van der Waals surface area contributed by atoms with Crippen LogP contribution in [-0.4, -0.2) is 414 Å². The van der Waals surface area contributed by atoms with Crippen molar-refractivity contribution in [3.63, 3.8) is 0 Å². The smallest absolute Gasteiger partial charge is 0.306 e. The van der Waals surface area contributed by atoms with Gasteiger partial charge in [-0.05, 0) is 18.4 Å². The van der Waals surface area contributed by atoms with Gasteiger partial charge in [0.2, 0.25) is 0 Å². The largest absolute Gasteiger partial charge is 0.463 e. The van der Waals surface area contributed by atoms with Crippen molar-refractivity contribution in [3.8, 4) is 0 Å². The normalized spacial score (nSPS) is 50.5. The Labute approximate surface area is 534 Å². The van der Waals surface area contributed by atoms with E-state index in [1.165, 1.54) is 6.92 Å². The quantitative estimate of drug-likeness (QED) is 0.0315. The van der Waals surface area contributed by atoms with Gasteiger partial charge in [0.25, 0.3) is 0 Å². The highest BCUT2D eigenvalue weighted by Gasteiger charge is 2.58. The van der Waals surface area contributed by atoms with E-state index in [0.29, 0.717) is 0 Å². The fourth-order valence-electron chi connectivity index (χ4n) is 12.3. The van der Waals surface area contributed by atoms with Crippen LogP contribution in [0.15, 0.2) is 11.6 Å². The second kappa shape index (κ2) is 33.4. The van der Waals surface area contributed by atoms with Gasteiger partial charge in [0.15, 0.2) is 44.0 Å². The number of nitrogens with one attached hydrogen (secondary N) is 1. The van der Waals surface area contributed by atoms with Gasteiger partial charge in [-0.25, -0.2) is 0 Å². The molecule has 0 amide bonds. The predicted molar refractivity (Wildman–Crippen MR) is 292 cm³/mol. The Morgan fingerprint density at radius 3 is 1.17 bits per heavy atom. The second-order valence-electron chi connectivity index (χ2n) is 24.7. The van der Waals surface area contributed by atoms with Gasteiger partial charge >= 0.3 is 5.97 Å². The van der Waals surface area contributed by atoms with Crippen molar-refractivity contribution >= 4 is 5.97 Å². The minimum atomic E-state index is -2.23. The van der Waals surface area contributed by atoms with Crippen molar-refractivity contribution in [1.29, 1.82) is 0 Å². The van der Waals surface area contributed by atoms with E-state index in [4.69, 9.17) is 66.3 Å². The molecule has 0 aromatic carbocycles. The second-order valence-corrected chi connectivity index (χ2v) is 24.7. The summed E-state index contributed by atoms with van der Waals surface area (Å²) in [7, 11) is 0. The number of carbonyl (C=O) groups is 1. The minimum absolute atomic E-state index is 0.132. The van der Waals surface area contributed by atoms with Crippen LogP contribution in [0.1, 0.15) is 27.2 Å². The molecule has 546 valence electrons. The number of aliphatic hydroxyl groups is 24. The maximum atomic E-state index is 12.9. The molecule has 8 rings (SSSR count). The molecule has 0 bridgehead atoms. The lowest BCUT2D eigenvalue weighted by Crippen LogP contribution is -2.69. The molecule has 0 saturated carbocycles. The third-order valence-corrected chi connectivity index (χ3v) is 17.7. The number of esters is 1. The number of hydrogen-bond acceptors (Lipinski definition) is 40. The van der Waals surface area contributed by atoms with Crippen LogP contribution in [0.5, 0.6) is 0 Å². The Hall–Kier alpha value is -2.31. The van der Waals surface area contributed by atoms with E-state index >= 15 is 0 Å². The zero-order valence-corrected chi connectivity index (χ0v) is 50.7. The molecule has 8 aliphatic rings. The molecular weight excluding hydrogens is 1290 g/mol. The van der Waals surface area contributed by atoms with Crippen LogP contribution >= 0.6 is 0 Å². The van der Waals surface area contributed by atoms with E-state index in [1.807, 2.05) is 0 Å². The molecule has 39 atom stereocenters. The Bertz CT molecular complexity index is 2370. The summed E-state index contributed by atoms with van der Waals surface area (Å²) in [5.41, 5.74) is -0.187. The molecule has 25 N–H and O–H groups in total. The van der Waals surface area contributed by atoms with Gasteiger partial charge in [-0.3, -0.25) is 4.79 Å². The van der Waals surface area contributed by atoms with E-state index in [9.17, 15) is 127 Å². The van der Waals surface area contributed by atoms with Crippen LogP contribution in [0.25, 0.3) is 0 Å². The summed E-state index contributed by atoms with van der Waals surface area (Å²) in [5.74, 6) is -1.02. The summed E-state index contributed by atoms with van der Waals surface area (Å²) in [6, 6.07) is -2.81.